The van der Waals surface area contributed by atoms with Crippen molar-refractivity contribution in [3.63, 3.8) is 0 Å². The highest BCUT2D eigenvalue weighted by atomic mass is 79.9. The van der Waals surface area contributed by atoms with Crippen molar-refractivity contribution in [3.8, 4) is 43.4 Å². The minimum atomic E-state index is 1.05. The van der Waals surface area contributed by atoms with Crippen LogP contribution in [-0.2, 0) is 0 Å². The number of halogens is 1. The Morgan fingerprint density at radius 3 is 1.33 bits per heavy atom. The lowest BCUT2D eigenvalue weighted by Crippen LogP contribution is -1.91. The van der Waals surface area contributed by atoms with Crippen molar-refractivity contribution in [2.45, 2.75) is 0 Å². The molecule has 0 amide bonds. The van der Waals surface area contributed by atoms with Crippen molar-refractivity contribution in [2.24, 2.45) is 0 Å². The van der Waals surface area contributed by atoms with Crippen LogP contribution in [0.3, 0.4) is 0 Å². The summed E-state index contributed by atoms with van der Waals surface area (Å²) in [5.41, 5.74) is 9.25. The first kappa shape index (κ1) is 26.7. The largest absolute Gasteiger partial charge is 0.236 e. The number of hydrogen-bond acceptors (Lipinski definition) is 4. The molecule has 2 aromatic heterocycles. The van der Waals surface area contributed by atoms with Gasteiger partial charge in [-0.2, -0.15) is 0 Å². The fourth-order valence-corrected chi connectivity index (χ4v) is 8.63. The van der Waals surface area contributed by atoms with E-state index in [-0.39, 0.29) is 0 Å². The van der Waals surface area contributed by atoms with E-state index in [4.69, 9.17) is 9.97 Å². The van der Waals surface area contributed by atoms with Crippen molar-refractivity contribution in [3.05, 3.63) is 144 Å². The second-order valence-electron chi connectivity index (χ2n) is 11.1. The fraction of sp³-hybridized carbons (Fsp3) is 0. The first-order chi connectivity index (χ1) is 22.2. The van der Waals surface area contributed by atoms with E-state index in [9.17, 15) is 0 Å². The van der Waals surface area contributed by atoms with Crippen LogP contribution in [0.5, 0.6) is 0 Å². The standard InChI is InChI=1S/C40H23BrN2S2/c41-28-21-22-31-32(23-28)38(25-15-19-27(20-16-25)40-43-34-10-4-6-12-36(34)45-40)30-8-2-1-7-29(30)37(31)24-13-17-26(18-14-24)39-42-33-9-3-5-11-35(33)44-39/h1-23H. The third-order valence-electron chi connectivity index (χ3n) is 8.41. The number of fused-ring (bicyclic) bond motifs is 4. The van der Waals surface area contributed by atoms with Crippen LogP contribution in [0.25, 0.3) is 85.4 Å². The van der Waals surface area contributed by atoms with Crippen LogP contribution >= 0.6 is 38.6 Å². The molecule has 0 aliphatic carbocycles. The molecule has 0 aliphatic rings. The highest BCUT2D eigenvalue weighted by molar-refractivity contribution is 9.10. The molecule has 2 heterocycles. The molecule has 0 aliphatic heterocycles. The van der Waals surface area contributed by atoms with Crippen LogP contribution in [-0.4, -0.2) is 9.97 Å². The zero-order valence-corrected chi connectivity index (χ0v) is 27.1. The molecule has 0 radical (unpaired) electrons. The molecule has 5 heteroatoms. The second-order valence-corrected chi connectivity index (χ2v) is 14.1. The summed E-state index contributed by atoms with van der Waals surface area (Å²) in [7, 11) is 0. The molecule has 7 aromatic carbocycles. The Hall–Kier alpha value is -4.68. The molecular formula is C40H23BrN2S2. The Labute approximate surface area is 276 Å². The number of aromatic nitrogens is 2. The fourth-order valence-electron chi connectivity index (χ4n) is 6.32. The molecule has 0 unspecified atom stereocenters. The van der Waals surface area contributed by atoms with Crippen molar-refractivity contribution in [2.75, 3.05) is 0 Å². The average Bonchev–Trinajstić information content (AvgIpc) is 3.72. The van der Waals surface area contributed by atoms with Crippen LogP contribution in [0.15, 0.2) is 144 Å². The van der Waals surface area contributed by atoms with E-state index in [0.29, 0.717) is 0 Å². The third-order valence-corrected chi connectivity index (χ3v) is 11.1. The predicted octanol–water partition coefficient (Wildman–Crippen LogP) is 12.6. The predicted molar refractivity (Wildman–Crippen MR) is 197 cm³/mol. The molecule has 0 saturated heterocycles. The molecule has 0 spiro atoms. The summed E-state index contributed by atoms with van der Waals surface area (Å²) >= 11 is 7.26. The quantitative estimate of drug-likeness (QED) is 0.174. The zero-order chi connectivity index (χ0) is 29.9. The minimum Gasteiger partial charge on any atom is -0.236 e. The highest BCUT2D eigenvalue weighted by Crippen LogP contribution is 2.45. The summed E-state index contributed by atoms with van der Waals surface area (Å²) in [5.74, 6) is 0. The number of nitrogens with zero attached hydrogens (tertiary/aromatic N) is 2. The lowest BCUT2D eigenvalue weighted by atomic mass is 9.86. The topological polar surface area (TPSA) is 25.8 Å². The summed E-state index contributed by atoms with van der Waals surface area (Å²) in [6.07, 6.45) is 0. The van der Waals surface area contributed by atoms with Crippen LogP contribution in [0.2, 0.25) is 0 Å². The van der Waals surface area contributed by atoms with Crippen LogP contribution in [0.1, 0.15) is 0 Å². The van der Waals surface area contributed by atoms with Crippen LogP contribution in [0.4, 0.5) is 0 Å². The van der Waals surface area contributed by atoms with Crippen LogP contribution < -0.4 is 0 Å². The Balaban J connectivity index is 1.20. The third kappa shape index (κ3) is 4.58. The maximum absolute atomic E-state index is 4.89. The first-order valence-corrected chi connectivity index (χ1v) is 17.2. The maximum atomic E-state index is 4.89. The molecular weight excluding hydrogens is 652 g/mol. The van der Waals surface area contributed by atoms with Crippen LogP contribution in [0, 0.1) is 0 Å². The lowest BCUT2D eigenvalue weighted by Gasteiger charge is -2.18. The minimum absolute atomic E-state index is 1.05. The van der Waals surface area contributed by atoms with Gasteiger partial charge in [-0.1, -0.05) is 119 Å². The summed E-state index contributed by atoms with van der Waals surface area (Å²) in [6, 6.07) is 50.0. The Morgan fingerprint density at radius 1 is 0.400 bits per heavy atom. The molecule has 0 fully saturated rings. The molecule has 0 saturated carbocycles. The van der Waals surface area contributed by atoms with Gasteiger partial charge in [0.15, 0.2) is 0 Å². The van der Waals surface area contributed by atoms with Gasteiger partial charge < -0.3 is 0 Å². The van der Waals surface area contributed by atoms with E-state index < -0.39 is 0 Å². The SMILES string of the molecule is Brc1ccc2c(-c3ccc(-c4nc5ccccc5s4)cc3)c3ccccc3c(-c3ccc(-c4nc5ccccc5s4)cc3)c2c1. The van der Waals surface area contributed by atoms with E-state index in [1.807, 2.05) is 12.1 Å². The van der Waals surface area contributed by atoms with Gasteiger partial charge in [-0.15, -0.1) is 22.7 Å². The molecule has 0 atom stereocenters. The van der Waals surface area contributed by atoms with Gasteiger partial charge in [-0.05, 0) is 80.2 Å². The lowest BCUT2D eigenvalue weighted by molar-refractivity contribution is 1.48. The molecule has 9 aromatic rings. The van der Waals surface area contributed by atoms with Gasteiger partial charge in [0.2, 0.25) is 0 Å². The van der Waals surface area contributed by atoms with Crippen molar-refractivity contribution >= 4 is 80.6 Å². The Bertz CT molecular complexity index is 2480. The van der Waals surface area contributed by atoms with Gasteiger partial charge in [0.1, 0.15) is 10.0 Å². The zero-order valence-electron chi connectivity index (χ0n) is 23.9. The van der Waals surface area contributed by atoms with E-state index in [1.54, 1.807) is 22.7 Å². The van der Waals surface area contributed by atoms with E-state index in [0.717, 1.165) is 36.6 Å². The van der Waals surface area contributed by atoms with Gasteiger partial charge in [0.25, 0.3) is 0 Å². The molecule has 45 heavy (non-hydrogen) atoms. The smallest absolute Gasteiger partial charge is 0.124 e. The average molecular weight is 676 g/mol. The molecule has 0 bridgehead atoms. The van der Waals surface area contributed by atoms with Gasteiger partial charge in [0, 0.05) is 15.6 Å². The number of benzene rings is 7. The Kier molecular flexibility index (Phi) is 6.37. The monoisotopic (exact) mass is 674 g/mol. The van der Waals surface area contributed by atoms with Crippen molar-refractivity contribution in [1.29, 1.82) is 0 Å². The number of hydrogen-bond donors (Lipinski definition) is 0. The first-order valence-electron chi connectivity index (χ1n) is 14.8. The summed E-state index contributed by atoms with van der Waals surface area (Å²) in [6.45, 7) is 0. The second kappa shape index (κ2) is 10.7. The van der Waals surface area contributed by atoms with E-state index in [2.05, 4.69) is 143 Å². The maximum Gasteiger partial charge on any atom is 0.124 e. The Morgan fingerprint density at radius 2 is 0.822 bits per heavy atom. The summed E-state index contributed by atoms with van der Waals surface area (Å²) in [4.78, 5) is 9.77. The molecule has 2 nitrogen and oxygen atoms in total. The summed E-state index contributed by atoms with van der Waals surface area (Å²) < 4.78 is 3.49. The van der Waals surface area contributed by atoms with Gasteiger partial charge in [0.05, 0.1) is 20.4 Å². The highest BCUT2D eigenvalue weighted by Gasteiger charge is 2.18. The summed E-state index contributed by atoms with van der Waals surface area (Å²) in [5, 5.41) is 7.03. The van der Waals surface area contributed by atoms with Crippen molar-refractivity contribution in [1.82, 2.24) is 9.97 Å². The van der Waals surface area contributed by atoms with Gasteiger partial charge in [-0.3, -0.25) is 0 Å². The van der Waals surface area contributed by atoms with Gasteiger partial charge >= 0.3 is 0 Å². The van der Waals surface area contributed by atoms with E-state index >= 15 is 0 Å². The number of para-hydroxylation sites is 2. The molecule has 9 rings (SSSR count). The van der Waals surface area contributed by atoms with Crippen molar-refractivity contribution < 1.29 is 0 Å². The number of thiazole rings is 2. The normalized spacial score (nSPS) is 11.7. The molecule has 0 N–H and O–H groups in total. The van der Waals surface area contributed by atoms with Gasteiger partial charge in [-0.25, -0.2) is 9.97 Å². The van der Waals surface area contributed by atoms with E-state index in [1.165, 1.54) is 53.2 Å². The number of rotatable bonds is 4. The molecule has 212 valence electrons.